The fourth-order valence-corrected chi connectivity index (χ4v) is 6.41. The molecule has 0 amide bonds. The monoisotopic (exact) mass is 551 g/mol. The van der Waals surface area contributed by atoms with Crippen LogP contribution < -0.4 is 0 Å². The predicted molar refractivity (Wildman–Crippen MR) is 176 cm³/mol. The summed E-state index contributed by atoms with van der Waals surface area (Å²) in [4.78, 5) is 5.06. The lowest BCUT2D eigenvalue weighted by Crippen LogP contribution is -2.00. The van der Waals surface area contributed by atoms with Crippen LogP contribution >= 0.6 is 0 Å². The number of hydrogen-bond donors (Lipinski definition) is 0. The van der Waals surface area contributed by atoms with Crippen molar-refractivity contribution in [2.24, 2.45) is 0 Å². The highest BCUT2D eigenvalue weighted by Gasteiger charge is 2.19. The topological polar surface area (TPSA) is 35.9 Å². The second-order valence-electron chi connectivity index (χ2n) is 10.9. The Morgan fingerprint density at radius 1 is 0.488 bits per heavy atom. The number of imidazole rings is 1. The second-order valence-corrected chi connectivity index (χ2v) is 10.9. The van der Waals surface area contributed by atoms with E-state index < -0.39 is 0 Å². The van der Waals surface area contributed by atoms with E-state index >= 15 is 0 Å². The molecular weight excluding hydrogens is 526 g/mol. The molecule has 0 atom stereocenters. The van der Waals surface area contributed by atoms with Gasteiger partial charge in [0.2, 0.25) is 0 Å². The summed E-state index contributed by atoms with van der Waals surface area (Å²) in [6.45, 7) is 0. The Balaban J connectivity index is 1.29. The van der Waals surface area contributed by atoms with Gasteiger partial charge in [-0.15, -0.1) is 0 Å². The van der Waals surface area contributed by atoms with Gasteiger partial charge in [0, 0.05) is 33.3 Å². The van der Waals surface area contributed by atoms with Gasteiger partial charge in [-0.25, -0.2) is 4.98 Å². The van der Waals surface area contributed by atoms with Crippen LogP contribution in [0.5, 0.6) is 0 Å². The number of aromatic nitrogens is 3. The highest BCUT2D eigenvalue weighted by atomic mass is 16.3. The molecular formula is C39H25N3O. The highest BCUT2D eigenvalue weighted by molar-refractivity contribution is 6.20. The molecule has 0 aliphatic carbocycles. The number of furan rings is 1. The molecule has 0 bridgehead atoms. The summed E-state index contributed by atoms with van der Waals surface area (Å²) in [7, 11) is 0. The smallest absolute Gasteiger partial charge is 0.145 e. The fraction of sp³-hybridized carbons (Fsp3) is 0. The van der Waals surface area contributed by atoms with E-state index in [1.807, 2.05) is 30.3 Å². The van der Waals surface area contributed by atoms with Gasteiger partial charge in [-0.3, -0.25) is 4.57 Å². The number of para-hydroxylation sites is 3. The van der Waals surface area contributed by atoms with Crippen molar-refractivity contribution >= 4 is 43.8 Å². The lowest BCUT2D eigenvalue weighted by Gasteiger charge is -2.13. The Morgan fingerprint density at radius 2 is 1.16 bits per heavy atom. The third-order valence-corrected chi connectivity index (χ3v) is 8.32. The molecule has 9 aromatic rings. The van der Waals surface area contributed by atoms with Gasteiger partial charge in [0.1, 0.15) is 17.2 Å². The van der Waals surface area contributed by atoms with E-state index in [2.05, 4.69) is 130 Å². The van der Waals surface area contributed by atoms with E-state index in [0.29, 0.717) is 0 Å². The Morgan fingerprint density at radius 3 is 1.98 bits per heavy atom. The van der Waals surface area contributed by atoms with Crippen molar-refractivity contribution in [3.63, 3.8) is 0 Å². The van der Waals surface area contributed by atoms with Gasteiger partial charge >= 0.3 is 0 Å². The Hall–Kier alpha value is -5.87. The van der Waals surface area contributed by atoms with Gasteiger partial charge in [-0.05, 0) is 54.6 Å². The number of hydrogen-bond acceptors (Lipinski definition) is 2. The lowest BCUT2D eigenvalue weighted by atomic mass is 10.1. The second kappa shape index (κ2) is 9.33. The van der Waals surface area contributed by atoms with E-state index in [9.17, 15) is 0 Å². The molecule has 9 rings (SSSR count). The fourth-order valence-electron chi connectivity index (χ4n) is 6.41. The van der Waals surface area contributed by atoms with Crippen LogP contribution in [0, 0.1) is 0 Å². The average molecular weight is 552 g/mol. The average Bonchev–Trinajstić information content (AvgIpc) is 3.77. The zero-order chi connectivity index (χ0) is 28.3. The van der Waals surface area contributed by atoms with Gasteiger partial charge in [0.15, 0.2) is 0 Å². The summed E-state index contributed by atoms with van der Waals surface area (Å²) in [5.74, 6) is 1.80. The summed E-state index contributed by atoms with van der Waals surface area (Å²) in [5, 5.41) is 3.39. The molecule has 6 aromatic carbocycles. The van der Waals surface area contributed by atoms with Crippen molar-refractivity contribution in [1.82, 2.24) is 14.1 Å². The van der Waals surface area contributed by atoms with Crippen LogP contribution in [0.1, 0.15) is 0 Å². The summed E-state index contributed by atoms with van der Waals surface area (Å²) >= 11 is 0. The minimum atomic E-state index is 0.877. The van der Waals surface area contributed by atoms with E-state index in [0.717, 1.165) is 72.5 Å². The molecule has 0 saturated carbocycles. The Labute approximate surface area is 247 Å². The quantitative estimate of drug-likeness (QED) is 0.218. The number of fused-ring (bicyclic) bond motifs is 6. The maximum atomic E-state index is 6.59. The molecule has 4 heteroatoms. The summed E-state index contributed by atoms with van der Waals surface area (Å²) in [5.41, 5.74) is 9.49. The third kappa shape index (κ3) is 3.67. The SMILES string of the molecule is c1ccc(-c2cc3ccc4c(c5ccccc5n4-c4cccc(-n5c(-c6ccccc6)nc6ccccc65)c4)c3o2)cc1. The summed E-state index contributed by atoms with van der Waals surface area (Å²) in [6.07, 6.45) is 0. The van der Waals surface area contributed by atoms with Crippen LogP contribution in [-0.4, -0.2) is 14.1 Å². The maximum absolute atomic E-state index is 6.59. The first-order valence-electron chi connectivity index (χ1n) is 14.5. The van der Waals surface area contributed by atoms with Crippen LogP contribution in [0.15, 0.2) is 156 Å². The van der Waals surface area contributed by atoms with Crippen molar-refractivity contribution in [2.45, 2.75) is 0 Å². The summed E-state index contributed by atoms with van der Waals surface area (Å²) < 4.78 is 11.2. The van der Waals surface area contributed by atoms with Crippen LogP contribution in [0.2, 0.25) is 0 Å². The molecule has 43 heavy (non-hydrogen) atoms. The van der Waals surface area contributed by atoms with Crippen LogP contribution in [0.3, 0.4) is 0 Å². The number of rotatable bonds is 4. The van der Waals surface area contributed by atoms with Crippen molar-refractivity contribution in [1.29, 1.82) is 0 Å². The molecule has 3 heterocycles. The molecule has 0 aliphatic rings. The van der Waals surface area contributed by atoms with Crippen LogP contribution in [0.4, 0.5) is 0 Å². The highest BCUT2D eigenvalue weighted by Crippen LogP contribution is 2.40. The van der Waals surface area contributed by atoms with E-state index in [1.165, 1.54) is 5.39 Å². The van der Waals surface area contributed by atoms with Crippen molar-refractivity contribution in [3.8, 4) is 34.1 Å². The van der Waals surface area contributed by atoms with Crippen LogP contribution in [0.25, 0.3) is 77.9 Å². The Bertz CT molecular complexity index is 2450. The minimum absolute atomic E-state index is 0.877. The first-order valence-corrected chi connectivity index (χ1v) is 14.5. The predicted octanol–water partition coefficient (Wildman–Crippen LogP) is 10.2. The maximum Gasteiger partial charge on any atom is 0.145 e. The van der Waals surface area contributed by atoms with Crippen LogP contribution in [-0.2, 0) is 0 Å². The van der Waals surface area contributed by atoms with E-state index in [4.69, 9.17) is 9.40 Å². The molecule has 0 N–H and O–H groups in total. The molecule has 0 unspecified atom stereocenters. The van der Waals surface area contributed by atoms with Crippen molar-refractivity contribution in [3.05, 3.63) is 152 Å². The van der Waals surface area contributed by atoms with Gasteiger partial charge < -0.3 is 8.98 Å². The zero-order valence-corrected chi connectivity index (χ0v) is 23.2. The largest absolute Gasteiger partial charge is 0.455 e. The number of benzene rings is 6. The lowest BCUT2D eigenvalue weighted by molar-refractivity contribution is 0.635. The van der Waals surface area contributed by atoms with E-state index in [-0.39, 0.29) is 0 Å². The van der Waals surface area contributed by atoms with Gasteiger partial charge in [-0.1, -0.05) is 97.1 Å². The third-order valence-electron chi connectivity index (χ3n) is 8.32. The molecule has 0 radical (unpaired) electrons. The molecule has 0 aliphatic heterocycles. The van der Waals surface area contributed by atoms with Gasteiger partial charge in [0.05, 0.1) is 27.5 Å². The molecule has 202 valence electrons. The van der Waals surface area contributed by atoms with Gasteiger partial charge in [-0.2, -0.15) is 0 Å². The molecule has 0 spiro atoms. The van der Waals surface area contributed by atoms with E-state index in [1.54, 1.807) is 0 Å². The number of nitrogens with zero attached hydrogens (tertiary/aromatic N) is 3. The first-order chi connectivity index (χ1) is 21.3. The standard InChI is InChI=1S/C39H25N3O/c1-3-12-26(13-4-1)36-24-28-22-23-35-37(38(28)43-36)31-18-7-9-20-33(31)41(35)29-16-11-17-30(25-29)42-34-21-10-8-19-32(34)40-39(42)27-14-5-2-6-15-27/h1-25H. The Kier molecular flexibility index (Phi) is 5.16. The molecule has 0 saturated heterocycles. The molecule has 4 nitrogen and oxygen atoms in total. The van der Waals surface area contributed by atoms with Gasteiger partial charge in [0.25, 0.3) is 0 Å². The normalized spacial score (nSPS) is 11.7. The minimum Gasteiger partial charge on any atom is -0.455 e. The van der Waals surface area contributed by atoms with Crippen molar-refractivity contribution < 1.29 is 4.42 Å². The first kappa shape index (κ1) is 23.8. The summed E-state index contributed by atoms with van der Waals surface area (Å²) in [6, 6.07) is 52.9. The van der Waals surface area contributed by atoms with Crippen molar-refractivity contribution in [2.75, 3.05) is 0 Å². The molecule has 0 fully saturated rings. The molecule has 3 aromatic heterocycles. The zero-order valence-electron chi connectivity index (χ0n) is 23.2.